The lowest BCUT2D eigenvalue weighted by molar-refractivity contribution is 0.0479. The number of benzene rings is 1. The van der Waals surface area contributed by atoms with Crippen molar-refractivity contribution in [1.82, 2.24) is 14.8 Å². The maximum Gasteiger partial charge on any atom is 0.368 e. The summed E-state index contributed by atoms with van der Waals surface area (Å²) in [6.45, 7) is 3.49. The fraction of sp³-hybridized carbons (Fsp3) is 0.429. The van der Waals surface area contributed by atoms with Gasteiger partial charge in [0.25, 0.3) is 0 Å². The Morgan fingerprint density at radius 3 is 2.35 bits per heavy atom. The van der Waals surface area contributed by atoms with Gasteiger partial charge in [0.15, 0.2) is 0 Å². The Balaban J connectivity index is 2.52. The minimum atomic E-state index is -3.90. The van der Waals surface area contributed by atoms with E-state index in [1.165, 1.54) is 17.3 Å². The van der Waals surface area contributed by atoms with Crippen LogP contribution in [-0.2, 0) is 25.5 Å². The summed E-state index contributed by atoms with van der Waals surface area (Å²) in [7, 11) is -3.90. The van der Waals surface area contributed by atoms with Gasteiger partial charge < -0.3 is 14.2 Å². The zero-order valence-corrected chi connectivity index (χ0v) is 14.6. The lowest BCUT2D eigenvalue weighted by Crippen LogP contribution is -2.33. The molecule has 126 valence electrons. The third-order valence-corrected chi connectivity index (χ3v) is 5.96. The molecule has 0 saturated carbocycles. The third-order valence-electron chi connectivity index (χ3n) is 3.21. The van der Waals surface area contributed by atoms with Crippen molar-refractivity contribution in [1.29, 1.82) is 0 Å². The molecule has 0 bridgehead atoms. The Bertz CT molecular complexity index is 655. The Morgan fingerprint density at radius 1 is 1.26 bits per heavy atom. The predicted octanol–water partition coefficient (Wildman–Crippen LogP) is 3.04. The Labute approximate surface area is 139 Å². The van der Waals surface area contributed by atoms with Crippen LogP contribution < -0.4 is 0 Å². The second kappa shape index (κ2) is 7.55. The number of hydrogen-bond acceptors (Lipinski definition) is 6. The van der Waals surface area contributed by atoms with Crippen LogP contribution in [0.4, 0.5) is 0 Å². The number of hydrogen-bond donors (Lipinski definition) is 1. The monoisotopic (exact) mass is 359 g/mol. The van der Waals surface area contributed by atoms with Crippen LogP contribution in [0.2, 0.25) is 5.02 Å². The maximum atomic E-state index is 13.3. The highest BCUT2D eigenvalue weighted by molar-refractivity contribution is 7.54. The SMILES string of the molecule is CCOP(=O)(OCC)C(O)(Cn1cncn1)c1ccc(Cl)cc1. The van der Waals surface area contributed by atoms with E-state index in [1.54, 1.807) is 38.1 Å². The number of aliphatic hydroxyl groups is 1. The van der Waals surface area contributed by atoms with Crippen LogP contribution in [0, 0.1) is 0 Å². The molecule has 1 aromatic heterocycles. The van der Waals surface area contributed by atoms with Crippen molar-refractivity contribution in [2.24, 2.45) is 0 Å². The quantitative estimate of drug-likeness (QED) is 0.729. The fourth-order valence-electron chi connectivity index (χ4n) is 2.18. The molecule has 0 spiro atoms. The molecule has 0 radical (unpaired) electrons. The fourth-order valence-corrected chi connectivity index (χ4v) is 4.27. The third kappa shape index (κ3) is 3.82. The molecule has 0 amide bonds. The van der Waals surface area contributed by atoms with Crippen LogP contribution in [0.1, 0.15) is 19.4 Å². The van der Waals surface area contributed by atoms with Gasteiger partial charge in [0.1, 0.15) is 12.7 Å². The average Bonchev–Trinajstić information content (AvgIpc) is 3.01. The van der Waals surface area contributed by atoms with Crippen molar-refractivity contribution in [3.63, 3.8) is 0 Å². The standard InChI is InChI=1S/C14H19ClN3O4P/c1-3-21-23(20,22-4-2)14(19,9-18-11-16-10-17-18)12-5-7-13(15)8-6-12/h5-8,10-11,19H,3-4,9H2,1-2H3. The van der Waals surface area contributed by atoms with Crippen LogP contribution in [0.3, 0.4) is 0 Å². The van der Waals surface area contributed by atoms with Crippen molar-refractivity contribution >= 4 is 19.2 Å². The minimum absolute atomic E-state index is 0.129. The van der Waals surface area contributed by atoms with Gasteiger partial charge in [-0.3, -0.25) is 4.57 Å². The molecule has 1 heterocycles. The molecule has 2 aromatic rings. The van der Waals surface area contributed by atoms with Crippen molar-refractivity contribution in [3.05, 3.63) is 47.5 Å². The Morgan fingerprint density at radius 2 is 1.87 bits per heavy atom. The van der Waals surface area contributed by atoms with E-state index in [9.17, 15) is 9.67 Å². The van der Waals surface area contributed by atoms with Crippen LogP contribution in [0.5, 0.6) is 0 Å². The first-order valence-corrected chi connectivity index (χ1v) is 9.07. The van der Waals surface area contributed by atoms with Crippen LogP contribution in [0.15, 0.2) is 36.9 Å². The average molecular weight is 360 g/mol. The Kier molecular flexibility index (Phi) is 5.95. The van der Waals surface area contributed by atoms with E-state index in [1.807, 2.05) is 0 Å². The predicted molar refractivity (Wildman–Crippen MR) is 86.2 cm³/mol. The van der Waals surface area contributed by atoms with Gasteiger partial charge in [-0.05, 0) is 31.5 Å². The Hall–Kier alpha value is -1.24. The highest BCUT2D eigenvalue weighted by atomic mass is 35.5. The first-order valence-electron chi connectivity index (χ1n) is 7.15. The molecule has 1 N–H and O–H groups in total. The van der Waals surface area contributed by atoms with Crippen molar-refractivity contribution in [3.8, 4) is 0 Å². The van der Waals surface area contributed by atoms with Gasteiger partial charge >= 0.3 is 7.60 Å². The largest absolute Gasteiger partial charge is 0.372 e. The van der Waals surface area contributed by atoms with E-state index in [2.05, 4.69) is 10.1 Å². The van der Waals surface area contributed by atoms with Gasteiger partial charge in [0.2, 0.25) is 5.34 Å². The van der Waals surface area contributed by atoms with Gasteiger partial charge in [-0.15, -0.1) is 0 Å². The zero-order chi connectivity index (χ0) is 16.9. The summed E-state index contributed by atoms with van der Waals surface area (Å²) in [5, 5.41) is 13.8. The van der Waals surface area contributed by atoms with E-state index >= 15 is 0 Å². The number of halogens is 1. The first-order chi connectivity index (χ1) is 10.9. The van der Waals surface area contributed by atoms with Crippen LogP contribution >= 0.6 is 19.2 Å². The second-order valence-corrected chi connectivity index (χ2v) is 7.44. The molecule has 7 nitrogen and oxygen atoms in total. The lowest BCUT2D eigenvalue weighted by Gasteiger charge is -2.34. The molecule has 23 heavy (non-hydrogen) atoms. The summed E-state index contributed by atoms with van der Waals surface area (Å²) >= 11 is 5.90. The van der Waals surface area contributed by atoms with E-state index in [0.717, 1.165) is 0 Å². The zero-order valence-electron chi connectivity index (χ0n) is 12.9. The van der Waals surface area contributed by atoms with E-state index in [0.29, 0.717) is 10.6 Å². The number of rotatable bonds is 8. The van der Waals surface area contributed by atoms with E-state index in [-0.39, 0.29) is 19.8 Å². The van der Waals surface area contributed by atoms with Crippen molar-refractivity contribution in [2.45, 2.75) is 25.7 Å². The molecule has 0 fully saturated rings. The van der Waals surface area contributed by atoms with Gasteiger partial charge in [0, 0.05) is 5.02 Å². The van der Waals surface area contributed by atoms with E-state index in [4.69, 9.17) is 20.6 Å². The summed E-state index contributed by atoms with van der Waals surface area (Å²) in [4.78, 5) is 3.84. The molecule has 2 rings (SSSR count). The normalized spacial score (nSPS) is 14.6. The highest BCUT2D eigenvalue weighted by Gasteiger charge is 2.51. The number of aromatic nitrogens is 3. The molecular formula is C14H19ClN3O4P. The smallest absolute Gasteiger partial charge is 0.368 e. The summed E-state index contributed by atoms with van der Waals surface area (Å²) in [6.07, 6.45) is 2.75. The highest BCUT2D eigenvalue weighted by Crippen LogP contribution is 2.64. The van der Waals surface area contributed by atoms with Crippen molar-refractivity contribution < 1.29 is 18.7 Å². The molecule has 0 aliphatic rings. The van der Waals surface area contributed by atoms with Crippen LogP contribution in [0.25, 0.3) is 0 Å². The lowest BCUT2D eigenvalue weighted by atomic mass is 10.1. The minimum Gasteiger partial charge on any atom is -0.372 e. The summed E-state index contributed by atoms with van der Waals surface area (Å²) in [5.74, 6) is 0. The second-order valence-electron chi connectivity index (χ2n) is 4.75. The molecule has 0 saturated heterocycles. The molecule has 1 unspecified atom stereocenters. The van der Waals surface area contributed by atoms with Gasteiger partial charge in [-0.1, -0.05) is 23.7 Å². The van der Waals surface area contributed by atoms with E-state index < -0.39 is 12.9 Å². The number of nitrogens with zero attached hydrogens (tertiary/aromatic N) is 3. The molecule has 9 heteroatoms. The summed E-state index contributed by atoms with van der Waals surface area (Å²) < 4.78 is 25.3. The molecule has 0 aliphatic carbocycles. The van der Waals surface area contributed by atoms with Gasteiger partial charge in [-0.25, -0.2) is 9.67 Å². The molecule has 1 atom stereocenters. The summed E-state index contributed by atoms with van der Waals surface area (Å²) in [5.41, 5.74) is 0.364. The maximum absolute atomic E-state index is 13.3. The van der Waals surface area contributed by atoms with Crippen LogP contribution in [-0.4, -0.2) is 33.1 Å². The van der Waals surface area contributed by atoms with Crippen molar-refractivity contribution in [2.75, 3.05) is 13.2 Å². The van der Waals surface area contributed by atoms with Gasteiger partial charge in [-0.2, -0.15) is 5.10 Å². The molecule has 0 aliphatic heterocycles. The van der Waals surface area contributed by atoms with Gasteiger partial charge in [0.05, 0.1) is 19.8 Å². The topological polar surface area (TPSA) is 86.5 Å². The first kappa shape index (κ1) is 18.1. The molecular weight excluding hydrogens is 341 g/mol. The summed E-state index contributed by atoms with van der Waals surface area (Å²) in [6, 6.07) is 6.38. The molecule has 1 aromatic carbocycles.